The van der Waals surface area contributed by atoms with Crippen molar-refractivity contribution in [1.29, 1.82) is 0 Å². The molecule has 0 atom stereocenters. The van der Waals surface area contributed by atoms with Gasteiger partial charge in [0.15, 0.2) is 5.71 Å². The van der Waals surface area contributed by atoms with Crippen molar-refractivity contribution in [3.05, 3.63) is 179 Å². The average molecular weight is 676 g/mol. The van der Waals surface area contributed by atoms with Crippen LogP contribution in [-0.2, 0) is 23.7 Å². The van der Waals surface area contributed by atoms with Gasteiger partial charge in [0.2, 0.25) is 5.69 Å². The largest absolute Gasteiger partial charge is 0.344 e. The first kappa shape index (κ1) is 33.8. The molecule has 2 aliphatic rings. The summed E-state index contributed by atoms with van der Waals surface area (Å²) in [4.78, 5) is 2.54. The molecule has 5 aromatic carbocycles. The second-order valence-corrected chi connectivity index (χ2v) is 15.2. The lowest BCUT2D eigenvalue weighted by Gasteiger charge is -2.27. The minimum Gasteiger partial charge on any atom is -0.344 e. The number of nitrogens with zero attached hydrogens (tertiary/aromatic N) is 2. The Morgan fingerprint density at radius 2 is 1.34 bits per heavy atom. The topological polar surface area (TPSA) is 6.25 Å². The molecule has 0 spiro atoms. The number of hydrogen-bond donors (Lipinski definition) is 0. The number of rotatable bonds is 11. The van der Waals surface area contributed by atoms with Gasteiger partial charge in [-0.3, -0.25) is 0 Å². The lowest BCUT2D eigenvalue weighted by atomic mass is 9.81. The summed E-state index contributed by atoms with van der Waals surface area (Å²) in [7, 11) is 0. The zero-order valence-corrected chi connectivity index (χ0v) is 30.6. The van der Waals surface area contributed by atoms with Gasteiger partial charge in [0, 0.05) is 52.5 Å². The summed E-state index contributed by atoms with van der Waals surface area (Å²) >= 11 is 7.09. The number of halogens is 1. The molecule has 2 aliphatic heterocycles. The third-order valence-electron chi connectivity index (χ3n) is 10.7. The Hall–Kier alpha value is -4.66. The van der Waals surface area contributed by atoms with Gasteiger partial charge in [0.05, 0.1) is 5.41 Å². The summed E-state index contributed by atoms with van der Waals surface area (Å²) in [5.74, 6) is 0. The molecular formula is C47H48ClN2+. The van der Waals surface area contributed by atoms with E-state index >= 15 is 0 Å². The summed E-state index contributed by atoms with van der Waals surface area (Å²) in [5, 5.41) is 3.34. The van der Waals surface area contributed by atoms with Crippen LogP contribution in [0.4, 0.5) is 11.4 Å². The van der Waals surface area contributed by atoms with Crippen LogP contribution < -0.4 is 4.90 Å². The smallest absolute Gasteiger partial charge is 0.209 e. The van der Waals surface area contributed by atoms with Gasteiger partial charge in [-0.15, -0.1) is 0 Å². The monoisotopic (exact) mass is 675 g/mol. The molecule has 0 N–H and O–H groups in total. The molecular weight excluding hydrogens is 628 g/mol. The number of benzene rings is 5. The molecule has 2 heterocycles. The van der Waals surface area contributed by atoms with Crippen molar-refractivity contribution in [3.63, 3.8) is 0 Å². The molecule has 0 radical (unpaired) electrons. The van der Waals surface area contributed by atoms with Crippen LogP contribution in [0.5, 0.6) is 0 Å². The van der Waals surface area contributed by atoms with Crippen LogP contribution in [0.1, 0.15) is 62.8 Å². The Labute approximate surface area is 303 Å². The lowest BCUT2D eigenvalue weighted by Crippen LogP contribution is -2.28. The predicted octanol–water partition coefficient (Wildman–Crippen LogP) is 11.8. The van der Waals surface area contributed by atoms with Gasteiger partial charge in [-0.1, -0.05) is 135 Å². The molecule has 0 saturated carbocycles. The minimum absolute atomic E-state index is 0.124. The van der Waals surface area contributed by atoms with E-state index in [2.05, 4.69) is 183 Å². The highest BCUT2D eigenvalue weighted by molar-refractivity contribution is 6.31. The molecule has 0 saturated heterocycles. The molecule has 7 rings (SSSR count). The first-order chi connectivity index (χ1) is 24.2. The molecule has 5 aromatic rings. The Bertz CT molecular complexity index is 2120. The fourth-order valence-corrected chi connectivity index (χ4v) is 8.33. The van der Waals surface area contributed by atoms with E-state index in [0.29, 0.717) is 0 Å². The maximum Gasteiger partial charge on any atom is 0.209 e. The van der Waals surface area contributed by atoms with E-state index in [1.165, 1.54) is 55.8 Å². The zero-order valence-electron chi connectivity index (χ0n) is 29.9. The SMILES string of the molecule is CC1(C)C(/C=C/C(Cl)=C/C=C2/N(CCCc3ccccc3)c3ccc4ccccc4c3C2(C)C)=[N+](CCCc2ccccc2)c2ccccc21. The summed E-state index contributed by atoms with van der Waals surface area (Å²) in [6, 6.07) is 43.8. The van der Waals surface area contributed by atoms with E-state index in [9.17, 15) is 0 Å². The minimum atomic E-state index is -0.181. The van der Waals surface area contributed by atoms with E-state index in [1.807, 2.05) is 0 Å². The second-order valence-electron chi connectivity index (χ2n) is 14.8. The molecule has 0 unspecified atom stereocenters. The third-order valence-corrected chi connectivity index (χ3v) is 11.0. The van der Waals surface area contributed by atoms with Gasteiger partial charge in [0.1, 0.15) is 6.54 Å². The zero-order chi connectivity index (χ0) is 34.7. The fraction of sp³-hybridized carbons (Fsp3) is 0.255. The van der Waals surface area contributed by atoms with Crippen molar-refractivity contribution in [3.8, 4) is 0 Å². The van der Waals surface area contributed by atoms with Crippen molar-refractivity contribution in [2.75, 3.05) is 18.0 Å². The van der Waals surface area contributed by atoms with Crippen molar-refractivity contribution in [2.24, 2.45) is 0 Å². The Morgan fingerprint density at radius 3 is 2.08 bits per heavy atom. The molecule has 0 fully saturated rings. The van der Waals surface area contributed by atoms with Crippen LogP contribution >= 0.6 is 11.6 Å². The van der Waals surface area contributed by atoms with Gasteiger partial charge in [-0.25, -0.2) is 0 Å². The maximum absolute atomic E-state index is 7.09. The number of anilines is 1. The van der Waals surface area contributed by atoms with E-state index in [4.69, 9.17) is 11.6 Å². The number of para-hydroxylation sites is 1. The highest BCUT2D eigenvalue weighted by Gasteiger charge is 2.44. The average Bonchev–Trinajstić information content (AvgIpc) is 3.49. The molecule has 3 heteroatoms. The van der Waals surface area contributed by atoms with Gasteiger partial charge in [0.25, 0.3) is 0 Å². The maximum atomic E-state index is 7.09. The highest BCUT2D eigenvalue weighted by Crippen LogP contribution is 2.51. The molecule has 2 nitrogen and oxygen atoms in total. The molecule has 0 aliphatic carbocycles. The Morgan fingerprint density at radius 1 is 0.700 bits per heavy atom. The summed E-state index contributed by atoms with van der Waals surface area (Å²) in [5.41, 5.74) is 10.4. The Balaban J connectivity index is 1.19. The van der Waals surface area contributed by atoms with Crippen LogP contribution in [0, 0.1) is 0 Å². The van der Waals surface area contributed by atoms with Crippen molar-refractivity contribution < 1.29 is 4.58 Å². The van der Waals surface area contributed by atoms with E-state index in [0.717, 1.165) is 43.8 Å². The van der Waals surface area contributed by atoms with E-state index in [-0.39, 0.29) is 10.8 Å². The molecule has 50 heavy (non-hydrogen) atoms. The Kier molecular flexibility index (Phi) is 9.67. The van der Waals surface area contributed by atoms with Crippen LogP contribution in [0.25, 0.3) is 10.8 Å². The van der Waals surface area contributed by atoms with Crippen LogP contribution in [0.2, 0.25) is 0 Å². The number of allylic oxidation sites excluding steroid dienone is 6. The number of fused-ring (bicyclic) bond motifs is 4. The van der Waals surface area contributed by atoms with Crippen molar-refractivity contribution in [1.82, 2.24) is 0 Å². The second kappa shape index (κ2) is 14.3. The number of aryl methyl sites for hydroxylation is 2. The van der Waals surface area contributed by atoms with Crippen molar-refractivity contribution in [2.45, 2.75) is 64.2 Å². The normalized spacial score (nSPS) is 17.3. The first-order valence-corrected chi connectivity index (χ1v) is 18.5. The van der Waals surface area contributed by atoms with E-state index in [1.54, 1.807) is 0 Å². The lowest BCUT2D eigenvalue weighted by molar-refractivity contribution is -0.438. The molecule has 0 aromatic heterocycles. The van der Waals surface area contributed by atoms with Crippen molar-refractivity contribution >= 4 is 39.5 Å². The van der Waals surface area contributed by atoms with Gasteiger partial charge >= 0.3 is 0 Å². The third kappa shape index (κ3) is 6.62. The molecule has 252 valence electrons. The standard InChI is InChI=1S/C47H48ClN2/c1-46(2)40-25-13-14-26-41(40)49(33-15-21-35-17-7-5-8-18-35)43(46)31-28-38(48)29-32-44-47(3,4)45-39-24-12-11-23-37(39)27-30-42(45)50(44)34-16-22-36-19-9-6-10-20-36/h5-14,17-20,23-32H,15-16,21-22,33-34H2,1-4H3/q+1. The molecule has 0 bridgehead atoms. The summed E-state index contributed by atoms with van der Waals surface area (Å²) < 4.78 is 2.51. The quantitative estimate of drug-likeness (QED) is 0.0997. The highest BCUT2D eigenvalue weighted by atomic mass is 35.5. The van der Waals surface area contributed by atoms with Gasteiger partial charge in [-0.2, -0.15) is 4.58 Å². The van der Waals surface area contributed by atoms with E-state index < -0.39 is 0 Å². The number of hydrogen-bond acceptors (Lipinski definition) is 1. The molecule has 0 amide bonds. The van der Waals surface area contributed by atoms with Gasteiger partial charge < -0.3 is 4.90 Å². The first-order valence-electron chi connectivity index (χ1n) is 18.1. The summed E-state index contributed by atoms with van der Waals surface area (Å²) in [6.07, 6.45) is 13.0. The van der Waals surface area contributed by atoms with Gasteiger partial charge in [-0.05, 0) is 84.9 Å². The summed E-state index contributed by atoms with van der Waals surface area (Å²) in [6.45, 7) is 11.3. The van der Waals surface area contributed by atoms with Crippen LogP contribution in [0.3, 0.4) is 0 Å². The fourth-order valence-electron chi connectivity index (χ4n) is 8.20. The predicted molar refractivity (Wildman–Crippen MR) is 214 cm³/mol. The van der Waals surface area contributed by atoms with Crippen LogP contribution in [-0.4, -0.2) is 23.4 Å². The van der Waals surface area contributed by atoms with Crippen LogP contribution in [0.15, 0.2) is 156 Å².